The van der Waals surface area contributed by atoms with Gasteiger partial charge in [-0.25, -0.2) is 8.42 Å². The Balaban J connectivity index is 1.44. The van der Waals surface area contributed by atoms with E-state index in [1.165, 1.54) is 10.4 Å². The summed E-state index contributed by atoms with van der Waals surface area (Å²) in [4.78, 5) is 15.5. The first-order chi connectivity index (χ1) is 16.0. The van der Waals surface area contributed by atoms with E-state index in [0.717, 1.165) is 31.0 Å². The van der Waals surface area contributed by atoms with Gasteiger partial charge in [0, 0.05) is 25.0 Å². The van der Waals surface area contributed by atoms with Crippen molar-refractivity contribution in [1.29, 1.82) is 0 Å². The standard InChI is InChI=1S/C21H25N5O5S2/c1-2-30-17-9-8-15(13-18(17)33(28,29)26-11-4-3-5-12-26)23-19(27)14-32-21-25-24-20(31-21)16-7-6-10-22-16/h6-10,13,22H,2-5,11-12,14H2,1H3,(H,23,27). The summed E-state index contributed by atoms with van der Waals surface area (Å²) in [5.74, 6) is 0.304. The number of benzene rings is 1. The number of nitrogens with one attached hydrogen (secondary N) is 2. The molecule has 176 valence electrons. The number of nitrogens with zero attached hydrogens (tertiary/aromatic N) is 3. The monoisotopic (exact) mass is 491 g/mol. The van der Waals surface area contributed by atoms with Gasteiger partial charge in [0.2, 0.25) is 15.9 Å². The number of rotatable bonds is 9. The van der Waals surface area contributed by atoms with Crippen LogP contribution in [0.25, 0.3) is 11.6 Å². The molecule has 4 rings (SSSR count). The van der Waals surface area contributed by atoms with E-state index >= 15 is 0 Å². The number of piperidine rings is 1. The second kappa shape index (κ2) is 10.4. The average molecular weight is 492 g/mol. The van der Waals surface area contributed by atoms with Gasteiger partial charge in [0.25, 0.3) is 11.1 Å². The van der Waals surface area contributed by atoms with Crippen molar-refractivity contribution in [1.82, 2.24) is 19.5 Å². The van der Waals surface area contributed by atoms with Crippen LogP contribution < -0.4 is 10.1 Å². The molecule has 1 amide bonds. The van der Waals surface area contributed by atoms with Crippen molar-refractivity contribution in [3.8, 4) is 17.3 Å². The lowest BCUT2D eigenvalue weighted by atomic mass is 10.2. The van der Waals surface area contributed by atoms with Crippen LogP contribution in [0.4, 0.5) is 5.69 Å². The van der Waals surface area contributed by atoms with E-state index in [1.54, 1.807) is 31.3 Å². The molecule has 10 nitrogen and oxygen atoms in total. The largest absolute Gasteiger partial charge is 0.492 e. The molecule has 0 radical (unpaired) electrons. The van der Waals surface area contributed by atoms with Gasteiger partial charge in [-0.3, -0.25) is 4.79 Å². The van der Waals surface area contributed by atoms with Crippen LogP contribution in [0.15, 0.2) is 51.1 Å². The van der Waals surface area contributed by atoms with Crippen molar-refractivity contribution in [3.05, 3.63) is 36.5 Å². The number of thioether (sulfide) groups is 1. The number of hydrogen-bond donors (Lipinski definition) is 2. The zero-order valence-corrected chi connectivity index (χ0v) is 19.7. The maximum absolute atomic E-state index is 13.2. The van der Waals surface area contributed by atoms with Gasteiger partial charge in [0.15, 0.2) is 0 Å². The number of aromatic amines is 1. The molecule has 0 saturated carbocycles. The lowest BCUT2D eigenvalue weighted by Crippen LogP contribution is -2.35. The number of hydrogen-bond acceptors (Lipinski definition) is 8. The number of H-pyrrole nitrogens is 1. The van der Waals surface area contributed by atoms with Gasteiger partial charge in [-0.2, -0.15) is 4.31 Å². The molecule has 12 heteroatoms. The highest BCUT2D eigenvalue weighted by molar-refractivity contribution is 7.99. The van der Waals surface area contributed by atoms with Crippen molar-refractivity contribution in [2.45, 2.75) is 36.3 Å². The first kappa shape index (κ1) is 23.3. The molecule has 0 unspecified atom stereocenters. The zero-order valence-electron chi connectivity index (χ0n) is 18.1. The summed E-state index contributed by atoms with van der Waals surface area (Å²) in [5, 5.41) is 10.9. The van der Waals surface area contributed by atoms with Crippen LogP contribution in [0.5, 0.6) is 5.75 Å². The van der Waals surface area contributed by atoms with E-state index in [9.17, 15) is 13.2 Å². The lowest BCUT2D eigenvalue weighted by molar-refractivity contribution is -0.113. The fourth-order valence-electron chi connectivity index (χ4n) is 3.47. The number of sulfonamides is 1. The molecule has 0 atom stereocenters. The predicted octanol–water partition coefficient (Wildman–Crippen LogP) is 3.37. The summed E-state index contributed by atoms with van der Waals surface area (Å²) in [6.07, 6.45) is 4.43. The average Bonchev–Trinajstić information content (AvgIpc) is 3.51. The molecular weight excluding hydrogens is 466 g/mol. The summed E-state index contributed by atoms with van der Waals surface area (Å²) in [5.41, 5.74) is 1.06. The number of aromatic nitrogens is 3. The normalized spacial score (nSPS) is 14.8. The van der Waals surface area contributed by atoms with Crippen molar-refractivity contribution >= 4 is 33.4 Å². The highest BCUT2D eigenvalue weighted by Gasteiger charge is 2.29. The Labute approximate surface area is 196 Å². The Morgan fingerprint density at radius 1 is 1.24 bits per heavy atom. The molecule has 0 bridgehead atoms. The van der Waals surface area contributed by atoms with Crippen molar-refractivity contribution in [2.24, 2.45) is 0 Å². The molecule has 2 aromatic heterocycles. The SMILES string of the molecule is CCOc1ccc(NC(=O)CSc2nnc(-c3ccc[nH]3)o2)cc1S(=O)(=O)N1CCCCC1. The number of amides is 1. The molecule has 0 spiro atoms. The Bertz CT molecular complexity index is 1190. The van der Waals surface area contributed by atoms with Crippen LogP contribution in [-0.4, -0.2) is 59.3 Å². The molecule has 1 aliphatic rings. The van der Waals surface area contributed by atoms with E-state index in [1.807, 2.05) is 6.07 Å². The van der Waals surface area contributed by atoms with E-state index in [-0.39, 0.29) is 27.5 Å². The highest BCUT2D eigenvalue weighted by Crippen LogP contribution is 2.31. The summed E-state index contributed by atoms with van der Waals surface area (Å²) in [7, 11) is -3.73. The summed E-state index contributed by atoms with van der Waals surface area (Å²) < 4.78 is 39.0. The van der Waals surface area contributed by atoms with Gasteiger partial charge in [-0.1, -0.05) is 18.2 Å². The molecular formula is C21H25N5O5S2. The van der Waals surface area contributed by atoms with E-state index in [2.05, 4.69) is 20.5 Å². The van der Waals surface area contributed by atoms with Gasteiger partial charge in [0.05, 0.1) is 12.4 Å². The van der Waals surface area contributed by atoms with Crippen LogP contribution in [0.1, 0.15) is 26.2 Å². The number of carbonyl (C=O) groups is 1. The molecule has 1 saturated heterocycles. The first-order valence-electron chi connectivity index (χ1n) is 10.6. The predicted molar refractivity (Wildman–Crippen MR) is 124 cm³/mol. The molecule has 3 aromatic rings. The smallest absolute Gasteiger partial charge is 0.277 e. The Kier molecular flexibility index (Phi) is 7.36. The minimum Gasteiger partial charge on any atom is -0.492 e. The summed E-state index contributed by atoms with van der Waals surface area (Å²) in [6.45, 7) is 3.09. The van der Waals surface area contributed by atoms with Crippen molar-refractivity contribution in [3.63, 3.8) is 0 Å². The minimum atomic E-state index is -3.73. The Morgan fingerprint density at radius 2 is 2.06 bits per heavy atom. The number of anilines is 1. The second-order valence-electron chi connectivity index (χ2n) is 7.35. The van der Waals surface area contributed by atoms with Gasteiger partial charge in [-0.15, -0.1) is 10.2 Å². The summed E-state index contributed by atoms with van der Waals surface area (Å²) >= 11 is 1.09. The van der Waals surface area contributed by atoms with Gasteiger partial charge in [0.1, 0.15) is 16.3 Å². The third-order valence-corrected chi connectivity index (χ3v) is 7.76. The maximum atomic E-state index is 13.2. The lowest BCUT2D eigenvalue weighted by Gasteiger charge is -2.27. The summed E-state index contributed by atoms with van der Waals surface area (Å²) in [6, 6.07) is 8.27. The van der Waals surface area contributed by atoms with Crippen molar-refractivity contribution < 1.29 is 22.4 Å². The van der Waals surface area contributed by atoms with Gasteiger partial charge >= 0.3 is 0 Å². The molecule has 3 heterocycles. The van der Waals surface area contributed by atoms with E-state index in [4.69, 9.17) is 9.15 Å². The quantitative estimate of drug-likeness (QED) is 0.436. The van der Waals surface area contributed by atoms with Crippen LogP contribution >= 0.6 is 11.8 Å². The maximum Gasteiger partial charge on any atom is 0.277 e. The molecule has 0 aliphatic carbocycles. The molecule has 1 fully saturated rings. The molecule has 2 N–H and O–H groups in total. The van der Waals surface area contributed by atoms with E-state index < -0.39 is 10.0 Å². The Hall–Kier alpha value is -2.83. The van der Waals surface area contributed by atoms with Crippen LogP contribution in [-0.2, 0) is 14.8 Å². The third kappa shape index (κ3) is 5.57. The number of ether oxygens (including phenoxy) is 1. The van der Waals surface area contributed by atoms with Crippen LogP contribution in [0.2, 0.25) is 0 Å². The first-order valence-corrected chi connectivity index (χ1v) is 13.1. The fraction of sp³-hybridized carbons (Fsp3) is 0.381. The third-order valence-electron chi connectivity index (χ3n) is 5.02. The zero-order chi connectivity index (χ0) is 23.3. The molecule has 33 heavy (non-hydrogen) atoms. The number of carbonyl (C=O) groups excluding carboxylic acids is 1. The fourth-order valence-corrected chi connectivity index (χ4v) is 5.71. The van der Waals surface area contributed by atoms with Gasteiger partial charge in [-0.05, 0) is 50.1 Å². The Morgan fingerprint density at radius 3 is 2.79 bits per heavy atom. The highest BCUT2D eigenvalue weighted by atomic mass is 32.2. The van der Waals surface area contributed by atoms with Gasteiger partial charge < -0.3 is 19.5 Å². The topological polar surface area (TPSA) is 130 Å². The minimum absolute atomic E-state index is 0.0216. The van der Waals surface area contributed by atoms with E-state index in [0.29, 0.717) is 37.0 Å². The van der Waals surface area contributed by atoms with Crippen molar-refractivity contribution in [2.75, 3.05) is 30.8 Å². The van der Waals surface area contributed by atoms with Crippen LogP contribution in [0.3, 0.4) is 0 Å². The molecule has 1 aliphatic heterocycles. The molecule has 1 aromatic carbocycles. The van der Waals surface area contributed by atoms with Crippen LogP contribution in [0, 0.1) is 0 Å². The second-order valence-corrected chi connectivity index (χ2v) is 10.2.